The van der Waals surface area contributed by atoms with Crippen LogP contribution in [0.25, 0.3) is 0 Å². The van der Waals surface area contributed by atoms with E-state index in [9.17, 15) is 13.5 Å². The van der Waals surface area contributed by atoms with Crippen molar-refractivity contribution in [2.45, 2.75) is 31.4 Å². The number of halogens is 1. The Kier molecular flexibility index (Phi) is 6.15. The Morgan fingerprint density at radius 1 is 1.40 bits per heavy atom. The summed E-state index contributed by atoms with van der Waals surface area (Å²) in [6.07, 6.45) is 0. The molecule has 1 rings (SSSR count). The van der Waals surface area contributed by atoms with E-state index < -0.39 is 10.0 Å². The van der Waals surface area contributed by atoms with E-state index in [-0.39, 0.29) is 17.5 Å². The van der Waals surface area contributed by atoms with E-state index in [0.29, 0.717) is 22.1 Å². The van der Waals surface area contributed by atoms with Crippen LogP contribution < -0.4 is 4.72 Å². The van der Waals surface area contributed by atoms with Crippen molar-refractivity contribution in [3.8, 4) is 0 Å². The van der Waals surface area contributed by atoms with Gasteiger partial charge in [-0.3, -0.25) is 0 Å². The fourth-order valence-electron chi connectivity index (χ4n) is 1.57. The van der Waals surface area contributed by atoms with Gasteiger partial charge in [-0.1, -0.05) is 15.9 Å². The summed E-state index contributed by atoms with van der Waals surface area (Å²) < 4.78 is 28.0. The van der Waals surface area contributed by atoms with Gasteiger partial charge in [-0.2, -0.15) is 0 Å². The summed E-state index contributed by atoms with van der Waals surface area (Å²) in [5, 5.41) is 9.19. The van der Waals surface area contributed by atoms with Crippen molar-refractivity contribution >= 4 is 26.0 Å². The number of hydrogen-bond acceptors (Lipinski definition) is 4. The summed E-state index contributed by atoms with van der Waals surface area (Å²) in [5.41, 5.74) is 1.19. The number of benzene rings is 1. The average molecular weight is 365 g/mol. The first-order valence-electron chi connectivity index (χ1n) is 6.25. The molecule has 1 unspecified atom stereocenters. The van der Waals surface area contributed by atoms with E-state index in [1.807, 2.05) is 25.9 Å². The Hall–Kier alpha value is -0.470. The number of aliphatic hydroxyl groups excluding tert-OH is 1. The molecule has 0 fully saturated rings. The molecular weight excluding hydrogens is 344 g/mol. The van der Waals surface area contributed by atoms with Gasteiger partial charge < -0.3 is 10.0 Å². The molecule has 0 aromatic heterocycles. The van der Waals surface area contributed by atoms with Crippen LogP contribution >= 0.6 is 15.9 Å². The van der Waals surface area contributed by atoms with E-state index >= 15 is 0 Å². The average Bonchev–Trinajstić information content (AvgIpc) is 2.38. The van der Waals surface area contributed by atoms with Crippen LogP contribution in [0.2, 0.25) is 0 Å². The monoisotopic (exact) mass is 364 g/mol. The van der Waals surface area contributed by atoms with Crippen molar-refractivity contribution in [2.24, 2.45) is 0 Å². The smallest absolute Gasteiger partial charge is 0.240 e. The molecule has 0 spiro atoms. The van der Waals surface area contributed by atoms with Crippen molar-refractivity contribution in [3.05, 3.63) is 27.7 Å². The quantitative estimate of drug-likeness (QED) is 0.801. The number of nitrogens with zero attached hydrogens (tertiary/aromatic N) is 1. The molecule has 7 heteroatoms. The summed E-state index contributed by atoms with van der Waals surface area (Å²) in [4.78, 5) is 2.14. The van der Waals surface area contributed by atoms with Gasteiger partial charge in [0.25, 0.3) is 0 Å². The van der Waals surface area contributed by atoms with Gasteiger partial charge in [0, 0.05) is 17.1 Å². The molecule has 1 aromatic carbocycles. The van der Waals surface area contributed by atoms with Crippen molar-refractivity contribution < 1.29 is 13.5 Å². The highest BCUT2D eigenvalue weighted by Gasteiger charge is 2.20. The normalized spacial score (nSPS) is 13.8. The Balaban J connectivity index is 3.06. The Labute approximate surface area is 129 Å². The largest absolute Gasteiger partial charge is 0.392 e. The number of likely N-dealkylation sites (N-methyl/N-ethyl adjacent to an activating group) is 1. The molecule has 0 saturated heterocycles. The Morgan fingerprint density at radius 3 is 2.50 bits per heavy atom. The molecule has 0 heterocycles. The van der Waals surface area contributed by atoms with Crippen molar-refractivity contribution in [1.29, 1.82) is 0 Å². The molecule has 1 aromatic rings. The molecule has 0 saturated carbocycles. The van der Waals surface area contributed by atoms with E-state index in [2.05, 4.69) is 20.7 Å². The van der Waals surface area contributed by atoms with Crippen molar-refractivity contribution in [2.75, 3.05) is 20.6 Å². The highest BCUT2D eigenvalue weighted by atomic mass is 79.9. The number of rotatable bonds is 6. The maximum absolute atomic E-state index is 12.4. The lowest BCUT2D eigenvalue weighted by molar-refractivity contribution is 0.281. The van der Waals surface area contributed by atoms with E-state index in [0.717, 1.165) is 0 Å². The third kappa shape index (κ3) is 4.26. The number of sulfonamides is 1. The molecule has 5 nitrogen and oxygen atoms in total. The van der Waals surface area contributed by atoms with Crippen molar-refractivity contribution in [1.82, 2.24) is 9.62 Å². The van der Waals surface area contributed by atoms with Crippen LogP contribution in [-0.4, -0.2) is 45.1 Å². The lowest BCUT2D eigenvalue weighted by Gasteiger charge is -2.20. The van der Waals surface area contributed by atoms with Gasteiger partial charge >= 0.3 is 0 Å². The zero-order valence-corrected chi connectivity index (χ0v) is 14.5. The summed E-state index contributed by atoms with van der Waals surface area (Å²) in [5.74, 6) is 0. The molecule has 0 aliphatic rings. The van der Waals surface area contributed by atoms with Crippen LogP contribution in [0.4, 0.5) is 0 Å². The summed E-state index contributed by atoms with van der Waals surface area (Å²) in [7, 11) is 0.200. The first-order chi connectivity index (χ1) is 9.19. The van der Waals surface area contributed by atoms with Crippen LogP contribution in [0.15, 0.2) is 21.5 Å². The van der Waals surface area contributed by atoms with Gasteiger partial charge in [0.15, 0.2) is 0 Å². The minimum absolute atomic E-state index is 0.0922. The van der Waals surface area contributed by atoms with Gasteiger partial charge in [-0.25, -0.2) is 13.1 Å². The molecule has 114 valence electrons. The first kappa shape index (κ1) is 17.6. The second-order valence-corrected chi connectivity index (χ2v) is 7.61. The molecule has 0 bridgehead atoms. The lowest BCUT2D eigenvalue weighted by atomic mass is 10.2. The summed E-state index contributed by atoms with van der Waals surface area (Å²) in [6.45, 7) is 3.80. The van der Waals surface area contributed by atoms with E-state index in [4.69, 9.17) is 0 Å². The van der Waals surface area contributed by atoms with Crippen LogP contribution in [-0.2, 0) is 16.6 Å². The van der Waals surface area contributed by atoms with Crippen LogP contribution in [0.1, 0.15) is 18.1 Å². The molecule has 0 aliphatic heterocycles. The zero-order valence-electron chi connectivity index (χ0n) is 12.1. The maximum Gasteiger partial charge on any atom is 0.240 e. The first-order valence-corrected chi connectivity index (χ1v) is 8.52. The minimum atomic E-state index is -3.59. The maximum atomic E-state index is 12.4. The molecule has 0 aliphatic carbocycles. The zero-order chi connectivity index (χ0) is 15.5. The second kappa shape index (κ2) is 7.00. The third-order valence-electron chi connectivity index (χ3n) is 3.28. The van der Waals surface area contributed by atoms with E-state index in [1.54, 1.807) is 13.0 Å². The Morgan fingerprint density at radius 2 is 2.00 bits per heavy atom. The predicted molar refractivity (Wildman–Crippen MR) is 83.1 cm³/mol. The molecule has 0 amide bonds. The Bertz CT molecular complexity index is 573. The van der Waals surface area contributed by atoms with Gasteiger partial charge in [0.2, 0.25) is 10.0 Å². The fourth-order valence-corrected chi connectivity index (χ4v) is 3.64. The van der Waals surface area contributed by atoms with Gasteiger partial charge in [-0.05, 0) is 51.2 Å². The molecule has 2 N–H and O–H groups in total. The lowest BCUT2D eigenvalue weighted by Crippen LogP contribution is -2.38. The highest BCUT2D eigenvalue weighted by molar-refractivity contribution is 9.10. The number of hydrogen-bond donors (Lipinski definition) is 2. The fraction of sp³-hybridized carbons (Fsp3) is 0.538. The van der Waals surface area contributed by atoms with Gasteiger partial charge in [-0.15, -0.1) is 0 Å². The summed E-state index contributed by atoms with van der Waals surface area (Å²) >= 11 is 3.32. The SMILES string of the molecule is Cc1c(Br)cc(CO)cc1S(=O)(=O)NCC(C)N(C)C. The third-order valence-corrected chi connectivity index (χ3v) is 5.65. The molecule has 0 radical (unpaired) electrons. The van der Waals surface area contributed by atoms with Crippen LogP contribution in [0.3, 0.4) is 0 Å². The second-order valence-electron chi connectivity index (χ2n) is 5.02. The topological polar surface area (TPSA) is 69.6 Å². The molecule has 20 heavy (non-hydrogen) atoms. The van der Waals surface area contributed by atoms with Crippen LogP contribution in [0, 0.1) is 6.92 Å². The van der Waals surface area contributed by atoms with Crippen LogP contribution in [0.5, 0.6) is 0 Å². The standard InChI is InChI=1S/C13H21BrN2O3S/c1-9(16(3)4)7-15-20(18,19)13-6-11(8-17)5-12(14)10(13)2/h5-6,9,15,17H,7-8H2,1-4H3. The number of nitrogens with one attached hydrogen (secondary N) is 1. The van der Waals surface area contributed by atoms with Crippen molar-refractivity contribution in [3.63, 3.8) is 0 Å². The number of aliphatic hydroxyl groups is 1. The van der Waals surface area contributed by atoms with E-state index in [1.165, 1.54) is 6.07 Å². The minimum Gasteiger partial charge on any atom is -0.392 e. The molecule has 1 atom stereocenters. The summed E-state index contributed by atoms with van der Waals surface area (Å²) in [6, 6.07) is 3.31. The molecular formula is C13H21BrN2O3S. The highest BCUT2D eigenvalue weighted by Crippen LogP contribution is 2.25. The predicted octanol–water partition coefficient (Wildman–Crippen LogP) is 1.48. The van der Waals surface area contributed by atoms with Gasteiger partial charge in [0.1, 0.15) is 0 Å². The van der Waals surface area contributed by atoms with Gasteiger partial charge in [0.05, 0.1) is 11.5 Å².